The summed E-state index contributed by atoms with van der Waals surface area (Å²) in [7, 11) is -2.80. The van der Waals surface area contributed by atoms with Crippen molar-refractivity contribution in [3.05, 3.63) is 52.8 Å². The molecule has 0 atom stereocenters. The molecule has 3 rings (SSSR count). The van der Waals surface area contributed by atoms with Gasteiger partial charge in [0.25, 0.3) is 0 Å². The van der Waals surface area contributed by atoms with Gasteiger partial charge in [-0.3, -0.25) is 4.79 Å². The largest absolute Gasteiger partial charge is 0.495 e. The average Bonchev–Trinajstić information content (AvgIpc) is 2.74. The summed E-state index contributed by atoms with van der Waals surface area (Å²) < 4.78 is 84.6. The Hall–Kier alpha value is -2.37. The number of hydrogen-bond donors (Lipinski definition) is 1. The lowest BCUT2D eigenvalue weighted by molar-refractivity contribution is -0.137. The van der Waals surface area contributed by atoms with Gasteiger partial charge < -0.3 is 10.1 Å². The average molecular weight is 495 g/mol. The monoisotopic (exact) mass is 494 g/mol. The zero-order valence-electron chi connectivity index (χ0n) is 16.7. The molecule has 0 radical (unpaired) electrons. The Balaban J connectivity index is 1.68. The summed E-state index contributed by atoms with van der Waals surface area (Å²) in [5.41, 5.74) is -1.13. The molecule has 0 spiro atoms. The molecular weight excluding hydrogens is 476 g/mol. The van der Waals surface area contributed by atoms with Gasteiger partial charge in [0.15, 0.2) is 0 Å². The summed E-state index contributed by atoms with van der Waals surface area (Å²) >= 11 is 5.58. The van der Waals surface area contributed by atoms with Gasteiger partial charge in [-0.1, -0.05) is 11.6 Å². The number of amides is 1. The summed E-state index contributed by atoms with van der Waals surface area (Å²) in [4.78, 5) is 12.2. The highest BCUT2D eigenvalue weighted by atomic mass is 35.5. The van der Waals surface area contributed by atoms with Crippen LogP contribution in [0, 0.1) is 11.7 Å². The minimum absolute atomic E-state index is 0.00512. The van der Waals surface area contributed by atoms with Gasteiger partial charge in [0.2, 0.25) is 15.9 Å². The third-order valence-corrected chi connectivity index (χ3v) is 7.36. The number of alkyl halides is 3. The predicted molar refractivity (Wildman–Crippen MR) is 110 cm³/mol. The first kappa shape index (κ1) is 24.3. The van der Waals surface area contributed by atoms with E-state index in [0.29, 0.717) is 0 Å². The molecule has 2 aromatic carbocycles. The molecule has 174 valence electrons. The molecule has 0 aromatic heterocycles. The Morgan fingerprint density at radius 2 is 1.81 bits per heavy atom. The Labute approximate surface area is 187 Å². The number of hydrogen-bond acceptors (Lipinski definition) is 4. The number of nitrogens with zero attached hydrogens (tertiary/aromatic N) is 1. The van der Waals surface area contributed by atoms with Crippen LogP contribution in [0.4, 0.5) is 23.2 Å². The maximum absolute atomic E-state index is 13.6. The molecule has 0 saturated carbocycles. The number of methoxy groups -OCH3 is 1. The van der Waals surface area contributed by atoms with Crippen molar-refractivity contribution in [3.8, 4) is 5.75 Å². The molecule has 0 bridgehead atoms. The van der Waals surface area contributed by atoms with E-state index in [2.05, 4.69) is 5.32 Å². The number of nitrogens with one attached hydrogen (secondary N) is 1. The van der Waals surface area contributed by atoms with Crippen molar-refractivity contribution >= 4 is 33.2 Å². The fourth-order valence-electron chi connectivity index (χ4n) is 3.41. The van der Waals surface area contributed by atoms with E-state index in [-0.39, 0.29) is 42.3 Å². The topological polar surface area (TPSA) is 75.7 Å². The number of benzene rings is 2. The smallest absolute Gasteiger partial charge is 0.417 e. The maximum atomic E-state index is 13.6. The second-order valence-corrected chi connectivity index (χ2v) is 9.47. The van der Waals surface area contributed by atoms with Gasteiger partial charge in [0.05, 0.1) is 17.7 Å². The maximum Gasteiger partial charge on any atom is 0.417 e. The van der Waals surface area contributed by atoms with Gasteiger partial charge in [-0.05, 0) is 49.2 Å². The van der Waals surface area contributed by atoms with Crippen molar-refractivity contribution < 1.29 is 35.5 Å². The molecule has 32 heavy (non-hydrogen) atoms. The van der Waals surface area contributed by atoms with Crippen molar-refractivity contribution in [2.24, 2.45) is 5.92 Å². The van der Waals surface area contributed by atoms with Crippen molar-refractivity contribution in [3.63, 3.8) is 0 Å². The molecule has 1 N–H and O–H groups in total. The number of sulfonamides is 1. The zero-order valence-corrected chi connectivity index (χ0v) is 18.3. The van der Waals surface area contributed by atoms with Crippen molar-refractivity contribution in [1.82, 2.24) is 4.31 Å². The summed E-state index contributed by atoms with van der Waals surface area (Å²) in [6.45, 7) is -0.0387. The lowest BCUT2D eigenvalue weighted by Gasteiger charge is -2.31. The van der Waals surface area contributed by atoms with E-state index in [4.69, 9.17) is 16.3 Å². The van der Waals surface area contributed by atoms with E-state index in [0.717, 1.165) is 28.6 Å². The lowest BCUT2D eigenvalue weighted by Crippen LogP contribution is -2.41. The Morgan fingerprint density at radius 3 is 2.41 bits per heavy atom. The highest BCUT2D eigenvalue weighted by molar-refractivity contribution is 7.89. The van der Waals surface area contributed by atoms with Crippen LogP contribution in [0.3, 0.4) is 0 Å². The van der Waals surface area contributed by atoms with Gasteiger partial charge in [-0.25, -0.2) is 12.8 Å². The number of ether oxygens (including phenoxy) is 1. The second kappa shape index (κ2) is 9.24. The third kappa shape index (κ3) is 5.16. The SMILES string of the molecule is COc1ccc(F)cc1S(=O)(=O)N1CCC(C(=O)Nc2ccc(Cl)c(C(F)(F)F)c2)CC1. The number of anilines is 1. The first-order valence-electron chi connectivity index (χ1n) is 9.45. The van der Waals surface area contributed by atoms with Crippen LogP contribution in [-0.4, -0.2) is 38.8 Å². The fourth-order valence-corrected chi connectivity index (χ4v) is 5.28. The normalized spacial score (nSPS) is 16.1. The Morgan fingerprint density at radius 1 is 1.16 bits per heavy atom. The van der Waals surface area contributed by atoms with Gasteiger partial charge in [0.1, 0.15) is 16.5 Å². The molecule has 1 aliphatic heterocycles. The zero-order chi connectivity index (χ0) is 23.7. The standard InChI is InChI=1S/C20H19ClF4N2O4S/c1-31-17-5-2-13(22)10-18(17)32(29,30)27-8-6-12(7-9-27)19(28)26-14-3-4-16(21)15(11-14)20(23,24)25/h2-5,10-12H,6-9H2,1H3,(H,26,28). The Bertz CT molecular complexity index is 1120. The van der Waals surface area contributed by atoms with E-state index < -0.39 is 44.4 Å². The molecule has 1 heterocycles. The molecule has 1 fully saturated rings. The van der Waals surface area contributed by atoms with Crippen molar-refractivity contribution in [1.29, 1.82) is 0 Å². The van der Waals surface area contributed by atoms with E-state index in [1.165, 1.54) is 19.2 Å². The van der Waals surface area contributed by atoms with Gasteiger partial charge in [0, 0.05) is 24.7 Å². The molecule has 1 amide bonds. The quantitative estimate of drug-likeness (QED) is 0.619. The van der Waals surface area contributed by atoms with Gasteiger partial charge in [-0.15, -0.1) is 0 Å². The summed E-state index contributed by atoms with van der Waals surface area (Å²) in [6, 6.07) is 6.20. The van der Waals surface area contributed by atoms with E-state index >= 15 is 0 Å². The molecule has 2 aromatic rings. The Kier molecular flexibility index (Phi) is 7.01. The summed E-state index contributed by atoms with van der Waals surface area (Å²) in [5.74, 6) is -1.88. The minimum atomic E-state index is -4.67. The molecule has 1 aliphatic rings. The highest BCUT2D eigenvalue weighted by Crippen LogP contribution is 2.36. The molecule has 0 aliphatic carbocycles. The van der Waals surface area contributed by atoms with Gasteiger partial charge >= 0.3 is 6.18 Å². The summed E-state index contributed by atoms with van der Waals surface area (Å²) in [6.07, 6.45) is -4.39. The van der Waals surface area contributed by atoms with Crippen molar-refractivity contribution in [2.75, 3.05) is 25.5 Å². The fraction of sp³-hybridized carbons (Fsp3) is 0.350. The van der Waals surface area contributed by atoms with Crippen LogP contribution >= 0.6 is 11.6 Å². The second-order valence-electron chi connectivity index (χ2n) is 7.16. The van der Waals surface area contributed by atoms with Crippen LogP contribution in [0.1, 0.15) is 18.4 Å². The minimum Gasteiger partial charge on any atom is -0.495 e. The van der Waals surface area contributed by atoms with E-state index in [9.17, 15) is 30.8 Å². The van der Waals surface area contributed by atoms with Crippen LogP contribution in [0.15, 0.2) is 41.3 Å². The molecule has 1 saturated heterocycles. The van der Waals surface area contributed by atoms with Crippen molar-refractivity contribution in [2.45, 2.75) is 23.9 Å². The molecule has 12 heteroatoms. The first-order valence-corrected chi connectivity index (χ1v) is 11.3. The summed E-state index contributed by atoms with van der Waals surface area (Å²) in [5, 5.41) is 1.94. The number of halogens is 5. The first-order chi connectivity index (χ1) is 14.9. The number of carbonyl (C=O) groups is 1. The van der Waals surface area contributed by atoms with Crippen LogP contribution in [-0.2, 0) is 21.0 Å². The third-order valence-electron chi connectivity index (χ3n) is 5.11. The van der Waals surface area contributed by atoms with E-state index in [1.54, 1.807) is 0 Å². The van der Waals surface area contributed by atoms with Crippen LogP contribution in [0.2, 0.25) is 5.02 Å². The predicted octanol–water partition coefficient (Wildman–Crippen LogP) is 4.55. The lowest BCUT2D eigenvalue weighted by atomic mass is 9.97. The number of piperidine rings is 1. The highest BCUT2D eigenvalue weighted by Gasteiger charge is 2.35. The number of carbonyl (C=O) groups excluding carboxylic acids is 1. The van der Waals surface area contributed by atoms with Crippen LogP contribution in [0.25, 0.3) is 0 Å². The van der Waals surface area contributed by atoms with E-state index in [1.807, 2.05) is 0 Å². The number of rotatable bonds is 5. The molecule has 6 nitrogen and oxygen atoms in total. The molecule has 0 unspecified atom stereocenters. The molecular formula is C20H19ClF4N2O4S. The van der Waals surface area contributed by atoms with Crippen LogP contribution < -0.4 is 10.1 Å². The van der Waals surface area contributed by atoms with Gasteiger partial charge in [-0.2, -0.15) is 17.5 Å². The van der Waals surface area contributed by atoms with Crippen LogP contribution in [0.5, 0.6) is 5.75 Å².